The van der Waals surface area contributed by atoms with Gasteiger partial charge in [-0.2, -0.15) is 8.42 Å². The van der Waals surface area contributed by atoms with Gasteiger partial charge in [0.2, 0.25) is 11.0 Å². The second-order valence-electron chi connectivity index (χ2n) is 5.58. The van der Waals surface area contributed by atoms with Crippen molar-refractivity contribution in [2.24, 2.45) is 0 Å². The Morgan fingerprint density at radius 1 is 1.10 bits per heavy atom. The molecule has 0 saturated carbocycles. The van der Waals surface area contributed by atoms with Gasteiger partial charge in [-0.15, -0.1) is 10.2 Å². The number of sulfonamides is 1. The van der Waals surface area contributed by atoms with Crippen molar-refractivity contribution in [1.29, 1.82) is 0 Å². The topological polar surface area (TPSA) is 120 Å². The fourth-order valence-electron chi connectivity index (χ4n) is 2.15. The molecule has 0 bridgehead atoms. The molecule has 9 nitrogen and oxygen atoms in total. The normalized spacial score (nSPS) is 11.0. The minimum absolute atomic E-state index is 0.0682. The van der Waals surface area contributed by atoms with E-state index in [9.17, 15) is 13.2 Å². The average molecular weight is 455 g/mol. The van der Waals surface area contributed by atoms with Gasteiger partial charge in [-0.25, -0.2) is 0 Å². The van der Waals surface area contributed by atoms with E-state index in [0.717, 1.165) is 0 Å². The van der Waals surface area contributed by atoms with Gasteiger partial charge in [0.05, 0.1) is 12.8 Å². The summed E-state index contributed by atoms with van der Waals surface area (Å²) in [5, 5.41) is 10.0. The Labute approximate surface area is 175 Å². The Morgan fingerprint density at radius 2 is 1.79 bits per heavy atom. The van der Waals surface area contributed by atoms with Crippen molar-refractivity contribution in [2.75, 3.05) is 17.1 Å². The molecule has 0 spiro atoms. The Morgan fingerprint density at radius 3 is 2.45 bits per heavy atom. The van der Waals surface area contributed by atoms with Crippen molar-refractivity contribution < 1.29 is 22.7 Å². The first kappa shape index (κ1) is 20.8. The molecule has 0 aliphatic rings. The third-order valence-electron chi connectivity index (χ3n) is 3.39. The number of halogens is 1. The van der Waals surface area contributed by atoms with E-state index in [1.54, 1.807) is 37.4 Å². The van der Waals surface area contributed by atoms with Crippen molar-refractivity contribution in [3.05, 3.63) is 47.5 Å². The Hall–Kier alpha value is -2.89. The van der Waals surface area contributed by atoms with Crippen LogP contribution in [0.4, 0.5) is 10.8 Å². The maximum atomic E-state index is 12.7. The molecule has 29 heavy (non-hydrogen) atoms. The van der Waals surface area contributed by atoms with E-state index in [0.29, 0.717) is 27.9 Å². The number of hydrogen-bond acceptors (Lipinski definition) is 8. The highest BCUT2D eigenvalue weighted by Gasteiger charge is 2.23. The van der Waals surface area contributed by atoms with Gasteiger partial charge in [0.1, 0.15) is 11.5 Å². The molecule has 1 amide bonds. The van der Waals surface area contributed by atoms with Crippen LogP contribution in [0.2, 0.25) is 5.02 Å². The number of carbonyl (C=O) groups excluding carboxylic acids is 1. The zero-order chi connectivity index (χ0) is 21.0. The first-order chi connectivity index (χ1) is 13.8. The SMILES string of the molecule is COc1ccc(Oc2ccc(Cl)cc2NS(=O)(=O)c2nnc(NC(C)=O)s2)cc1. The highest BCUT2D eigenvalue weighted by atomic mass is 35.5. The molecule has 0 aliphatic carbocycles. The highest BCUT2D eigenvalue weighted by Crippen LogP contribution is 2.34. The van der Waals surface area contributed by atoms with Gasteiger partial charge in [0, 0.05) is 11.9 Å². The fourth-order valence-corrected chi connectivity index (χ4v) is 4.33. The second kappa shape index (κ2) is 8.64. The van der Waals surface area contributed by atoms with Gasteiger partial charge in [-0.1, -0.05) is 22.9 Å². The number of ether oxygens (including phenoxy) is 2. The first-order valence-electron chi connectivity index (χ1n) is 8.02. The first-order valence-corrected chi connectivity index (χ1v) is 10.7. The number of benzene rings is 2. The highest BCUT2D eigenvalue weighted by molar-refractivity contribution is 7.94. The summed E-state index contributed by atoms with van der Waals surface area (Å²) in [6, 6.07) is 11.3. The summed E-state index contributed by atoms with van der Waals surface area (Å²) in [5.74, 6) is 0.968. The van der Waals surface area contributed by atoms with Crippen molar-refractivity contribution in [2.45, 2.75) is 11.3 Å². The monoisotopic (exact) mass is 454 g/mol. The Kier molecular flexibility index (Phi) is 6.20. The van der Waals surface area contributed by atoms with Crippen molar-refractivity contribution in [3.63, 3.8) is 0 Å². The van der Waals surface area contributed by atoms with Gasteiger partial charge in [-0.05, 0) is 42.5 Å². The number of nitrogens with zero attached hydrogens (tertiary/aromatic N) is 2. The van der Waals surface area contributed by atoms with E-state index < -0.39 is 10.0 Å². The van der Waals surface area contributed by atoms with Crippen molar-refractivity contribution in [1.82, 2.24) is 10.2 Å². The Bertz CT molecular complexity index is 1130. The van der Waals surface area contributed by atoms with E-state index in [4.69, 9.17) is 21.1 Å². The number of rotatable bonds is 7. The van der Waals surface area contributed by atoms with Crippen LogP contribution in [0.3, 0.4) is 0 Å². The number of carbonyl (C=O) groups is 1. The molecule has 2 aromatic carbocycles. The molecule has 0 radical (unpaired) electrons. The maximum Gasteiger partial charge on any atom is 0.291 e. The van der Waals surface area contributed by atoms with Gasteiger partial charge in [-0.3, -0.25) is 9.52 Å². The molecule has 1 aromatic heterocycles. The molecular formula is C17H15ClN4O5S2. The maximum absolute atomic E-state index is 12.7. The number of hydrogen-bond donors (Lipinski definition) is 2. The minimum atomic E-state index is -4.09. The predicted octanol–water partition coefficient (Wildman–Crippen LogP) is 3.75. The van der Waals surface area contributed by atoms with Gasteiger partial charge in [0.25, 0.3) is 14.4 Å². The van der Waals surface area contributed by atoms with Crippen LogP contribution in [0.15, 0.2) is 46.8 Å². The standard InChI is InChI=1S/C17H15ClN4O5S2/c1-10(23)19-16-20-21-17(28-16)29(24,25)22-14-9-11(18)3-8-15(14)27-13-6-4-12(26-2)5-7-13/h3-9,22H,1-2H3,(H,19,20,23). The van der Waals surface area contributed by atoms with E-state index in [1.807, 2.05) is 0 Å². The number of amides is 1. The van der Waals surface area contributed by atoms with Gasteiger partial charge in [0.15, 0.2) is 5.75 Å². The number of nitrogens with one attached hydrogen (secondary N) is 2. The summed E-state index contributed by atoms with van der Waals surface area (Å²) in [5.41, 5.74) is 0.115. The molecule has 152 valence electrons. The van der Waals surface area contributed by atoms with Crippen LogP contribution in [-0.2, 0) is 14.8 Å². The van der Waals surface area contributed by atoms with Crippen LogP contribution in [0, 0.1) is 0 Å². The molecule has 12 heteroatoms. The fraction of sp³-hybridized carbons (Fsp3) is 0.118. The molecule has 0 atom stereocenters. The summed E-state index contributed by atoms with van der Waals surface area (Å²) < 4.78 is 38.3. The number of aromatic nitrogens is 2. The van der Waals surface area contributed by atoms with Crippen molar-refractivity contribution in [3.8, 4) is 17.2 Å². The molecule has 3 aromatic rings. The molecule has 0 saturated heterocycles. The number of methoxy groups -OCH3 is 1. The second-order valence-corrected chi connectivity index (χ2v) is 8.85. The molecule has 3 rings (SSSR count). The lowest BCUT2D eigenvalue weighted by Crippen LogP contribution is -2.13. The number of anilines is 2. The van der Waals surface area contributed by atoms with Crippen LogP contribution in [0.25, 0.3) is 0 Å². The third-order valence-corrected chi connectivity index (χ3v) is 6.20. The molecule has 0 aliphatic heterocycles. The van der Waals surface area contributed by atoms with Crippen LogP contribution in [0.1, 0.15) is 6.92 Å². The quantitative estimate of drug-likeness (QED) is 0.521. The third kappa shape index (κ3) is 5.34. The van der Waals surface area contributed by atoms with Gasteiger partial charge < -0.3 is 14.8 Å². The lowest BCUT2D eigenvalue weighted by atomic mass is 10.3. The Balaban J connectivity index is 1.86. The lowest BCUT2D eigenvalue weighted by molar-refractivity contribution is -0.114. The van der Waals surface area contributed by atoms with E-state index in [1.165, 1.54) is 19.1 Å². The summed E-state index contributed by atoms with van der Waals surface area (Å²) in [6.07, 6.45) is 0. The summed E-state index contributed by atoms with van der Waals surface area (Å²) >= 11 is 6.73. The minimum Gasteiger partial charge on any atom is -0.497 e. The van der Waals surface area contributed by atoms with Crippen LogP contribution in [-0.4, -0.2) is 31.6 Å². The van der Waals surface area contributed by atoms with Crippen LogP contribution in [0.5, 0.6) is 17.2 Å². The van der Waals surface area contributed by atoms with Crippen molar-refractivity contribution >= 4 is 49.7 Å². The summed E-state index contributed by atoms with van der Waals surface area (Å²) in [7, 11) is -2.54. The van der Waals surface area contributed by atoms with Crippen LogP contribution >= 0.6 is 22.9 Å². The van der Waals surface area contributed by atoms with E-state index in [2.05, 4.69) is 20.2 Å². The zero-order valence-corrected chi connectivity index (χ0v) is 17.6. The molecule has 2 N–H and O–H groups in total. The molecule has 0 fully saturated rings. The average Bonchev–Trinajstić information content (AvgIpc) is 3.13. The molecular weight excluding hydrogens is 440 g/mol. The molecule has 1 heterocycles. The van der Waals surface area contributed by atoms with E-state index in [-0.39, 0.29) is 26.8 Å². The molecule has 0 unspecified atom stereocenters. The lowest BCUT2D eigenvalue weighted by Gasteiger charge is -2.13. The van der Waals surface area contributed by atoms with Gasteiger partial charge >= 0.3 is 0 Å². The van der Waals surface area contributed by atoms with E-state index >= 15 is 0 Å². The smallest absolute Gasteiger partial charge is 0.291 e. The predicted molar refractivity (Wildman–Crippen MR) is 110 cm³/mol. The summed E-state index contributed by atoms with van der Waals surface area (Å²) in [4.78, 5) is 11.1. The zero-order valence-electron chi connectivity index (χ0n) is 15.2. The summed E-state index contributed by atoms with van der Waals surface area (Å²) in [6.45, 7) is 1.28. The largest absolute Gasteiger partial charge is 0.497 e. The van der Waals surface area contributed by atoms with Crippen LogP contribution < -0.4 is 19.5 Å².